The van der Waals surface area contributed by atoms with Crippen LogP contribution in [0.4, 0.5) is 4.79 Å². The van der Waals surface area contributed by atoms with Crippen molar-refractivity contribution in [1.82, 2.24) is 15.1 Å². The predicted octanol–water partition coefficient (Wildman–Crippen LogP) is 1.23. The van der Waals surface area contributed by atoms with Crippen molar-refractivity contribution in [2.24, 2.45) is 0 Å². The number of imide groups is 2. The molecule has 3 heterocycles. The molecule has 0 atom stereocenters. The van der Waals surface area contributed by atoms with Crippen LogP contribution in [0.25, 0.3) is 0 Å². The highest BCUT2D eigenvalue weighted by Crippen LogP contribution is 2.17. The minimum atomic E-state index is -0.720. The van der Waals surface area contributed by atoms with E-state index in [-0.39, 0.29) is 12.1 Å². The van der Waals surface area contributed by atoms with Gasteiger partial charge in [-0.3, -0.25) is 19.8 Å². The number of furan rings is 1. The molecule has 0 unspecified atom stereocenters. The van der Waals surface area contributed by atoms with Crippen molar-refractivity contribution in [1.29, 1.82) is 0 Å². The molecule has 2 fully saturated rings. The fourth-order valence-electron chi connectivity index (χ4n) is 2.61. The highest BCUT2D eigenvalue weighted by Gasteiger charge is 2.36. The first-order valence-corrected chi connectivity index (χ1v) is 7.30. The molecule has 2 saturated heterocycles. The Labute approximate surface area is 127 Å². The fourth-order valence-corrected chi connectivity index (χ4v) is 2.61. The molecule has 0 spiro atoms. The van der Waals surface area contributed by atoms with E-state index in [0.717, 1.165) is 37.3 Å². The second-order valence-corrected chi connectivity index (χ2v) is 5.37. The quantitative estimate of drug-likeness (QED) is 0.671. The van der Waals surface area contributed by atoms with Gasteiger partial charge in [0.1, 0.15) is 11.3 Å². The van der Waals surface area contributed by atoms with Crippen LogP contribution in [0.15, 0.2) is 34.6 Å². The number of nitrogens with one attached hydrogen (secondary N) is 1. The second kappa shape index (κ2) is 6.05. The number of likely N-dealkylation sites (tertiary alicyclic amines) is 1. The van der Waals surface area contributed by atoms with Crippen molar-refractivity contribution in [3.8, 4) is 0 Å². The largest absolute Gasteiger partial charge is 0.467 e. The number of carbonyl (C=O) groups is 3. The van der Waals surface area contributed by atoms with Crippen LogP contribution in [0.1, 0.15) is 25.0 Å². The van der Waals surface area contributed by atoms with Crippen LogP contribution in [-0.4, -0.2) is 40.7 Å². The predicted molar refractivity (Wildman–Crippen MR) is 76.3 cm³/mol. The lowest BCUT2D eigenvalue weighted by Crippen LogP contribution is -2.54. The minimum absolute atomic E-state index is 0.00227. The summed E-state index contributed by atoms with van der Waals surface area (Å²) >= 11 is 0. The van der Waals surface area contributed by atoms with E-state index in [9.17, 15) is 14.4 Å². The van der Waals surface area contributed by atoms with Crippen LogP contribution in [0, 0.1) is 0 Å². The van der Waals surface area contributed by atoms with Gasteiger partial charge < -0.3 is 9.32 Å². The van der Waals surface area contributed by atoms with Crippen molar-refractivity contribution in [3.63, 3.8) is 0 Å². The van der Waals surface area contributed by atoms with Gasteiger partial charge in [-0.05, 0) is 31.4 Å². The van der Waals surface area contributed by atoms with E-state index < -0.39 is 17.8 Å². The van der Waals surface area contributed by atoms with Gasteiger partial charge in [-0.25, -0.2) is 4.79 Å². The van der Waals surface area contributed by atoms with Crippen LogP contribution < -0.4 is 5.32 Å². The molecule has 3 rings (SSSR count). The van der Waals surface area contributed by atoms with Gasteiger partial charge in [0.25, 0.3) is 11.8 Å². The van der Waals surface area contributed by atoms with E-state index in [4.69, 9.17) is 4.42 Å². The molecule has 0 bridgehead atoms. The molecule has 1 aromatic heterocycles. The highest BCUT2D eigenvalue weighted by atomic mass is 16.3. The molecule has 0 saturated carbocycles. The second-order valence-electron chi connectivity index (χ2n) is 5.37. The lowest BCUT2D eigenvalue weighted by atomic mass is 10.1. The van der Waals surface area contributed by atoms with Gasteiger partial charge in [-0.15, -0.1) is 0 Å². The van der Waals surface area contributed by atoms with Crippen LogP contribution >= 0.6 is 0 Å². The topological polar surface area (TPSA) is 82.9 Å². The Morgan fingerprint density at radius 1 is 1.18 bits per heavy atom. The maximum atomic E-state index is 12.5. The number of carbonyl (C=O) groups excluding carboxylic acids is 3. The Morgan fingerprint density at radius 2 is 1.95 bits per heavy atom. The number of hydrogen-bond donors (Lipinski definition) is 1. The zero-order chi connectivity index (χ0) is 15.5. The summed E-state index contributed by atoms with van der Waals surface area (Å²) in [5.74, 6) is -0.748. The average molecular weight is 303 g/mol. The van der Waals surface area contributed by atoms with Gasteiger partial charge in [0, 0.05) is 19.3 Å². The first-order chi connectivity index (χ1) is 10.6. The molecule has 4 amide bonds. The Bertz CT molecular complexity index is 615. The van der Waals surface area contributed by atoms with Crippen molar-refractivity contribution in [3.05, 3.63) is 35.9 Å². The molecule has 2 aliphatic heterocycles. The number of amides is 4. The van der Waals surface area contributed by atoms with Crippen LogP contribution in [0.3, 0.4) is 0 Å². The van der Waals surface area contributed by atoms with Crippen molar-refractivity contribution < 1.29 is 18.8 Å². The van der Waals surface area contributed by atoms with Crippen molar-refractivity contribution >= 4 is 17.8 Å². The Hall–Kier alpha value is -2.57. The summed E-state index contributed by atoms with van der Waals surface area (Å²) in [6.07, 6.45) is 6.27. The van der Waals surface area contributed by atoms with E-state index in [1.54, 1.807) is 18.3 Å². The smallest absolute Gasteiger partial charge is 0.331 e. The third-order valence-electron chi connectivity index (χ3n) is 3.78. The normalized spacial score (nSPS) is 21.5. The summed E-state index contributed by atoms with van der Waals surface area (Å²) in [5, 5.41) is 2.20. The Kier molecular flexibility index (Phi) is 3.95. The monoisotopic (exact) mass is 303 g/mol. The van der Waals surface area contributed by atoms with Gasteiger partial charge >= 0.3 is 6.03 Å². The third kappa shape index (κ3) is 2.88. The average Bonchev–Trinajstić information content (AvgIpc) is 3.02. The fraction of sp³-hybridized carbons (Fsp3) is 0.400. The molecular formula is C15H17N3O4. The molecule has 1 aromatic rings. The number of hydrogen-bond acceptors (Lipinski definition) is 5. The number of urea groups is 1. The lowest BCUT2D eigenvalue weighted by Gasteiger charge is -2.29. The van der Waals surface area contributed by atoms with Gasteiger partial charge in [-0.2, -0.15) is 0 Å². The highest BCUT2D eigenvalue weighted by molar-refractivity contribution is 6.28. The van der Waals surface area contributed by atoms with E-state index in [1.807, 2.05) is 4.90 Å². The molecule has 7 nitrogen and oxygen atoms in total. The van der Waals surface area contributed by atoms with Gasteiger partial charge in [0.2, 0.25) is 0 Å². The first kappa shape index (κ1) is 14.4. The zero-order valence-electron chi connectivity index (χ0n) is 12.1. The molecule has 2 aliphatic rings. The van der Waals surface area contributed by atoms with E-state index in [0.29, 0.717) is 5.76 Å². The summed E-state index contributed by atoms with van der Waals surface area (Å²) in [6.45, 7) is 1.63. The summed E-state index contributed by atoms with van der Waals surface area (Å²) in [6, 6.07) is 2.63. The Balaban J connectivity index is 1.80. The number of barbiturate groups is 1. The number of piperidine rings is 1. The zero-order valence-corrected chi connectivity index (χ0v) is 12.1. The van der Waals surface area contributed by atoms with Crippen LogP contribution in [-0.2, 0) is 16.1 Å². The van der Waals surface area contributed by atoms with E-state index in [1.165, 1.54) is 6.26 Å². The summed E-state index contributed by atoms with van der Waals surface area (Å²) in [4.78, 5) is 39.2. The third-order valence-corrected chi connectivity index (χ3v) is 3.78. The van der Waals surface area contributed by atoms with E-state index in [2.05, 4.69) is 5.32 Å². The molecule has 0 radical (unpaired) electrons. The van der Waals surface area contributed by atoms with Crippen molar-refractivity contribution in [2.75, 3.05) is 13.1 Å². The minimum Gasteiger partial charge on any atom is -0.467 e. The SMILES string of the molecule is O=C1NC(=O)N(Cc2ccco2)C(=O)C1=CN1CCCCC1. The molecule has 1 N–H and O–H groups in total. The van der Waals surface area contributed by atoms with Gasteiger partial charge in [0.15, 0.2) is 0 Å². The number of rotatable bonds is 3. The van der Waals surface area contributed by atoms with E-state index >= 15 is 0 Å². The maximum absolute atomic E-state index is 12.5. The molecule has 116 valence electrons. The Morgan fingerprint density at radius 3 is 2.64 bits per heavy atom. The van der Waals surface area contributed by atoms with Crippen molar-refractivity contribution in [2.45, 2.75) is 25.8 Å². The summed E-state index contributed by atoms with van der Waals surface area (Å²) < 4.78 is 5.16. The molecule has 22 heavy (non-hydrogen) atoms. The number of nitrogens with zero attached hydrogens (tertiary/aromatic N) is 2. The van der Waals surface area contributed by atoms with Crippen LogP contribution in [0.5, 0.6) is 0 Å². The molecule has 7 heteroatoms. The van der Waals surface area contributed by atoms with Gasteiger partial charge in [0.05, 0.1) is 12.8 Å². The summed E-state index contributed by atoms with van der Waals surface area (Å²) in [7, 11) is 0. The van der Waals surface area contributed by atoms with Gasteiger partial charge in [-0.1, -0.05) is 0 Å². The van der Waals surface area contributed by atoms with Crippen LogP contribution in [0.2, 0.25) is 0 Å². The molecule has 0 aliphatic carbocycles. The standard InChI is InChI=1S/C15H17N3O4/c19-13-12(10-17-6-2-1-3-7-17)14(20)18(15(21)16-13)9-11-5-4-8-22-11/h4-5,8,10H,1-3,6-7,9H2,(H,16,19,21). The lowest BCUT2D eigenvalue weighted by molar-refractivity contribution is -0.130. The first-order valence-electron chi connectivity index (χ1n) is 7.30. The maximum Gasteiger partial charge on any atom is 0.331 e. The molecular weight excluding hydrogens is 286 g/mol. The summed E-state index contributed by atoms with van der Waals surface area (Å²) in [5.41, 5.74) is -0.00643. The molecule has 0 aromatic carbocycles.